The number of nitrogens with one attached hydrogen (secondary N) is 1. The van der Waals surface area contributed by atoms with Crippen molar-refractivity contribution < 1.29 is 0 Å². The molecule has 0 spiro atoms. The Balaban J connectivity index is 2.10. The second kappa shape index (κ2) is 6.55. The van der Waals surface area contributed by atoms with Gasteiger partial charge in [0.1, 0.15) is 0 Å². The number of benzene rings is 1. The SMILES string of the molecule is Cc1cc(Sc2ccc(CNC(C)(C)C)cc2Br)n(C)n1. The Morgan fingerprint density at radius 2 is 2.00 bits per heavy atom. The fourth-order valence-electron chi connectivity index (χ4n) is 1.90. The molecule has 2 rings (SSSR count). The molecule has 0 radical (unpaired) electrons. The summed E-state index contributed by atoms with van der Waals surface area (Å²) in [6, 6.07) is 8.63. The molecule has 1 heterocycles. The third kappa shape index (κ3) is 4.87. The molecule has 21 heavy (non-hydrogen) atoms. The summed E-state index contributed by atoms with van der Waals surface area (Å²) in [6.07, 6.45) is 0. The maximum Gasteiger partial charge on any atom is 0.0987 e. The molecular formula is C16H22BrN3S. The molecule has 0 bridgehead atoms. The highest BCUT2D eigenvalue weighted by Gasteiger charge is 2.11. The van der Waals surface area contributed by atoms with Crippen LogP contribution in [0.1, 0.15) is 32.0 Å². The molecule has 1 aromatic heterocycles. The van der Waals surface area contributed by atoms with E-state index in [2.05, 4.69) is 71.4 Å². The van der Waals surface area contributed by atoms with Crippen LogP contribution in [-0.2, 0) is 13.6 Å². The Morgan fingerprint density at radius 1 is 1.29 bits per heavy atom. The Labute approximate surface area is 139 Å². The molecule has 2 aromatic rings. The molecular weight excluding hydrogens is 346 g/mol. The number of hydrogen-bond acceptors (Lipinski definition) is 3. The maximum atomic E-state index is 4.38. The van der Waals surface area contributed by atoms with Gasteiger partial charge in [0, 0.05) is 28.5 Å². The molecule has 0 saturated carbocycles. The van der Waals surface area contributed by atoms with Gasteiger partial charge in [-0.2, -0.15) is 5.10 Å². The van der Waals surface area contributed by atoms with Crippen molar-refractivity contribution in [2.24, 2.45) is 7.05 Å². The second-order valence-corrected chi connectivity index (χ2v) is 8.13. The first kappa shape index (κ1) is 16.6. The molecule has 1 aromatic carbocycles. The van der Waals surface area contributed by atoms with Gasteiger partial charge in [0.2, 0.25) is 0 Å². The van der Waals surface area contributed by atoms with Crippen molar-refractivity contribution in [2.45, 2.75) is 49.7 Å². The third-order valence-corrected chi connectivity index (χ3v) is 5.08. The molecule has 0 aliphatic carbocycles. The Morgan fingerprint density at radius 3 is 2.52 bits per heavy atom. The molecule has 0 aliphatic rings. The third-order valence-electron chi connectivity index (χ3n) is 2.99. The van der Waals surface area contributed by atoms with Crippen LogP contribution in [0.4, 0.5) is 0 Å². The van der Waals surface area contributed by atoms with E-state index in [1.54, 1.807) is 11.8 Å². The topological polar surface area (TPSA) is 29.9 Å². The summed E-state index contributed by atoms with van der Waals surface area (Å²) in [5.41, 5.74) is 2.45. The lowest BCUT2D eigenvalue weighted by atomic mass is 10.1. The first-order valence-electron chi connectivity index (χ1n) is 6.96. The van der Waals surface area contributed by atoms with Crippen LogP contribution in [0.3, 0.4) is 0 Å². The van der Waals surface area contributed by atoms with Crippen molar-refractivity contribution in [1.29, 1.82) is 0 Å². The van der Waals surface area contributed by atoms with Crippen LogP contribution in [0.25, 0.3) is 0 Å². The van der Waals surface area contributed by atoms with Crippen molar-refractivity contribution >= 4 is 27.7 Å². The first-order chi connectivity index (χ1) is 9.74. The number of nitrogens with zero attached hydrogens (tertiary/aromatic N) is 2. The minimum Gasteiger partial charge on any atom is -0.308 e. The predicted molar refractivity (Wildman–Crippen MR) is 92.8 cm³/mol. The Hall–Kier alpha value is -0.780. The number of hydrogen-bond donors (Lipinski definition) is 1. The van der Waals surface area contributed by atoms with Crippen LogP contribution in [-0.4, -0.2) is 15.3 Å². The minimum atomic E-state index is 0.131. The number of aromatic nitrogens is 2. The average Bonchev–Trinajstić information content (AvgIpc) is 2.67. The minimum absolute atomic E-state index is 0.131. The van der Waals surface area contributed by atoms with Gasteiger partial charge in [0.25, 0.3) is 0 Å². The quantitative estimate of drug-likeness (QED) is 0.860. The van der Waals surface area contributed by atoms with E-state index in [4.69, 9.17) is 0 Å². The zero-order chi connectivity index (χ0) is 15.6. The monoisotopic (exact) mass is 367 g/mol. The molecule has 0 atom stereocenters. The van der Waals surface area contributed by atoms with Gasteiger partial charge in [-0.25, -0.2) is 0 Å². The molecule has 0 amide bonds. The molecule has 0 unspecified atom stereocenters. The van der Waals surface area contributed by atoms with Crippen molar-refractivity contribution in [3.8, 4) is 0 Å². The maximum absolute atomic E-state index is 4.38. The van der Waals surface area contributed by atoms with Gasteiger partial charge in [0.15, 0.2) is 0 Å². The summed E-state index contributed by atoms with van der Waals surface area (Å²) in [4.78, 5) is 1.21. The predicted octanol–water partition coefficient (Wildman–Crippen LogP) is 4.53. The molecule has 1 N–H and O–H groups in total. The van der Waals surface area contributed by atoms with Crippen molar-refractivity contribution in [3.63, 3.8) is 0 Å². The van der Waals surface area contributed by atoms with Crippen LogP contribution in [0.15, 0.2) is 38.7 Å². The zero-order valence-corrected chi connectivity index (χ0v) is 15.6. The van der Waals surface area contributed by atoms with E-state index in [1.807, 2.05) is 18.7 Å². The summed E-state index contributed by atoms with van der Waals surface area (Å²) in [5.74, 6) is 0. The molecule has 3 nitrogen and oxygen atoms in total. The van der Waals surface area contributed by atoms with Crippen LogP contribution < -0.4 is 5.32 Å². The highest BCUT2D eigenvalue weighted by molar-refractivity contribution is 9.10. The molecule has 5 heteroatoms. The summed E-state index contributed by atoms with van der Waals surface area (Å²) in [7, 11) is 1.98. The van der Waals surface area contributed by atoms with Crippen molar-refractivity contribution in [2.75, 3.05) is 0 Å². The van der Waals surface area contributed by atoms with E-state index in [-0.39, 0.29) is 5.54 Å². The lowest BCUT2D eigenvalue weighted by molar-refractivity contribution is 0.424. The summed E-state index contributed by atoms with van der Waals surface area (Å²) in [6.45, 7) is 9.42. The van der Waals surface area contributed by atoms with Gasteiger partial charge in [-0.15, -0.1) is 0 Å². The van der Waals surface area contributed by atoms with E-state index in [9.17, 15) is 0 Å². The van der Waals surface area contributed by atoms with E-state index in [0.717, 1.165) is 21.7 Å². The average molecular weight is 368 g/mol. The van der Waals surface area contributed by atoms with Crippen LogP contribution in [0.2, 0.25) is 0 Å². The largest absolute Gasteiger partial charge is 0.308 e. The molecule has 0 aliphatic heterocycles. The summed E-state index contributed by atoms with van der Waals surface area (Å²) in [5, 5.41) is 9.03. The number of halogens is 1. The van der Waals surface area contributed by atoms with Crippen LogP contribution in [0.5, 0.6) is 0 Å². The van der Waals surface area contributed by atoms with E-state index in [1.165, 1.54) is 10.5 Å². The van der Waals surface area contributed by atoms with Gasteiger partial charge < -0.3 is 5.32 Å². The number of rotatable bonds is 4. The van der Waals surface area contributed by atoms with Gasteiger partial charge in [-0.05, 0) is 67.4 Å². The van der Waals surface area contributed by atoms with Crippen molar-refractivity contribution in [3.05, 3.63) is 40.0 Å². The second-order valence-electron chi connectivity index (χ2n) is 6.22. The summed E-state index contributed by atoms with van der Waals surface area (Å²) >= 11 is 5.41. The van der Waals surface area contributed by atoms with E-state index >= 15 is 0 Å². The molecule has 0 fully saturated rings. The van der Waals surface area contributed by atoms with Crippen LogP contribution >= 0.6 is 27.7 Å². The van der Waals surface area contributed by atoms with E-state index < -0.39 is 0 Å². The van der Waals surface area contributed by atoms with Gasteiger partial charge in [0.05, 0.1) is 10.7 Å². The molecule has 0 saturated heterocycles. The Bertz CT molecular complexity index is 629. The molecule has 114 valence electrons. The highest BCUT2D eigenvalue weighted by Crippen LogP contribution is 2.34. The fourth-order valence-corrected chi connectivity index (χ4v) is 3.49. The number of aryl methyl sites for hydroxylation is 2. The standard InChI is InChI=1S/C16H22BrN3S/c1-11-8-15(20(5)19-11)21-14-7-6-12(9-13(14)17)10-18-16(2,3)4/h6-9,18H,10H2,1-5H3. The van der Waals surface area contributed by atoms with Gasteiger partial charge in [-0.3, -0.25) is 4.68 Å². The van der Waals surface area contributed by atoms with Gasteiger partial charge in [-0.1, -0.05) is 17.8 Å². The first-order valence-corrected chi connectivity index (χ1v) is 8.57. The summed E-state index contributed by atoms with van der Waals surface area (Å²) < 4.78 is 3.04. The smallest absolute Gasteiger partial charge is 0.0987 e. The van der Waals surface area contributed by atoms with Gasteiger partial charge >= 0.3 is 0 Å². The zero-order valence-electron chi connectivity index (χ0n) is 13.2. The highest BCUT2D eigenvalue weighted by atomic mass is 79.9. The Kier molecular flexibility index (Phi) is 5.17. The lowest BCUT2D eigenvalue weighted by Crippen LogP contribution is -2.35. The van der Waals surface area contributed by atoms with E-state index in [0.29, 0.717) is 0 Å². The van der Waals surface area contributed by atoms with Crippen molar-refractivity contribution in [1.82, 2.24) is 15.1 Å². The lowest BCUT2D eigenvalue weighted by Gasteiger charge is -2.20. The normalized spacial score (nSPS) is 11.9. The fraction of sp³-hybridized carbons (Fsp3) is 0.438. The van der Waals surface area contributed by atoms with Crippen LogP contribution in [0, 0.1) is 6.92 Å².